The van der Waals surface area contributed by atoms with E-state index in [1.165, 1.54) is 0 Å². The van der Waals surface area contributed by atoms with Crippen LogP contribution in [0.15, 0.2) is 30.8 Å². The van der Waals surface area contributed by atoms with E-state index in [0.29, 0.717) is 11.3 Å². The lowest BCUT2D eigenvalue weighted by Crippen LogP contribution is -1.92. The van der Waals surface area contributed by atoms with Crippen molar-refractivity contribution in [2.75, 3.05) is 7.11 Å². The smallest absolute Gasteiger partial charge is 0.252 e. The molecule has 0 aliphatic heterocycles. The second-order valence-electron chi connectivity index (χ2n) is 2.48. The lowest BCUT2D eigenvalue weighted by Gasteiger charge is -2.03. The van der Waals surface area contributed by atoms with Crippen LogP contribution in [0.25, 0.3) is 5.57 Å². The van der Waals surface area contributed by atoms with Crippen LogP contribution < -0.4 is 4.74 Å². The van der Waals surface area contributed by atoms with Crippen molar-refractivity contribution in [1.82, 2.24) is 0 Å². The summed E-state index contributed by atoms with van der Waals surface area (Å²) in [6.45, 7) is 3.56. The summed E-state index contributed by atoms with van der Waals surface area (Å²) in [5, 5.41) is -0.548. The fourth-order valence-electron chi connectivity index (χ4n) is 0.924. The predicted molar refractivity (Wildman–Crippen MR) is 52.9 cm³/mol. The van der Waals surface area contributed by atoms with Crippen LogP contribution in [0.2, 0.25) is 0 Å². The number of allylic oxidation sites excluding steroid dienone is 1. The molecule has 0 atom stereocenters. The molecule has 2 nitrogen and oxygen atoms in total. The first-order chi connectivity index (χ1) is 6.15. The van der Waals surface area contributed by atoms with Gasteiger partial charge in [-0.1, -0.05) is 18.7 Å². The van der Waals surface area contributed by atoms with Gasteiger partial charge in [-0.15, -0.1) is 0 Å². The van der Waals surface area contributed by atoms with Gasteiger partial charge in [0.25, 0.3) is 5.24 Å². The molecule has 0 amide bonds. The second-order valence-corrected chi connectivity index (χ2v) is 2.83. The van der Waals surface area contributed by atoms with Crippen molar-refractivity contribution < 1.29 is 9.53 Å². The van der Waals surface area contributed by atoms with Crippen LogP contribution in [0, 0.1) is 0 Å². The highest BCUT2D eigenvalue weighted by Crippen LogP contribution is 2.20. The summed E-state index contributed by atoms with van der Waals surface area (Å²) < 4.78 is 4.99. The zero-order valence-electron chi connectivity index (χ0n) is 7.21. The van der Waals surface area contributed by atoms with E-state index in [1.54, 1.807) is 31.4 Å². The summed E-state index contributed by atoms with van der Waals surface area (Å²) in [6, 6.07) is 7.03. The average molecular weight is 197 g/mol. The molecule has 0 saturated heterocycles. The molecule has 0 N–H and O–H groups in total. The van der Waals surface area contributed by atoms with E-state index in [0.717, 1.165) is 0 Å². The molecule has 0 unspecified atom stereocenters. The molecule has 0 aliphatic carbocycles. The van der Waals surface area contributed by atoms with Gasteiger partial charge in [-0.25, -0.2) is 0 Å². The molecule has 0 radical (unpaired) electrons. The molecule has 3 heteroatoms. The Morgan fingerprint density at radius 1 is 1.54 bits per heavy atom. The number of carbonyl (C=O) groups excluding carboxylic acids is 1. The zero-order valence-corrected chi connectivity index (χ0v) is 7.97. The van der Waals surface area contributed by atoms with Crippen LogP contribution in [0.4, 0.5) is 0 Å². The quantitative estimate of drug-likeness (QED) is 0.549. The van der Waals surface area contributed by atoms with Crippen LogP contribution in [-0.2, 0) is 4.79 Å². The highest BCUT2D eigenvalue weighted by molar-refractivity contribution is 6.74. The summed E-state index contributed by atoms with van der Waals surface area (Å²) in [5.74, 6) is 0.677. The molecule has 0 saturated carbocycles. The highest BCUT2D eigenvalue weighted by atomic mass is 35.5. The Labute approximate surface area is 81.8 Å². The molecule has 0 aliphatic rings. The van der Waals surface area contributed by atoms with Crippen LogP contribution in [0.1, 0.15) is 5.56 Å². The van der Waals surface area contributed by atoms with E-state index in [4.69, 9.17) is 16.3 Å². The largest absolute Gasteiger partial charge is 0.497 e. The fourth-order valence-corrected chi connectivity index (χ4v) is 1.03. The van der Waals surface area contributed by atoms with Gasteiger partial charge in [0.05, 0.1) is 7.11 Å². The number of benzene rings is 1. The minimum Gasteiger partial charge on any atom is -0.497 e. The Morgan fingerprint density at radius 2 is 2.23 bits per heavy atom. The molecule has 1 rings (SSSR count). The molecule has 68 valence electrons. The van der Waals surface area contributed by atoms with Crippen LogP contribution >= 0.6 is 11.6 Å². The molecular weight excluding hydrogens is 188 g/mol. The van der Waals surface area contributed by atoms with E-state index in [9.17, 15) is 4.79 Å². The van der Waals surface area contributed by atoms with Crippen LogP contribution in [-0.4, -0.2) is 12.4 Å². The molecule has 0 fully saturated rings. The maximum absolute atomic E-state index is 10.8. The lowest BCUT2D eigenvalue weighted by molar-refractivity contribution is -0.106. The van der Waals surface area contributed by atoms with Gasteiger partial charge >= 0.3 is 0 Å². The summed E-state index contributed by atoms with van der Waals surface area (Å²) in [4.78, 5) is 10.8. The Balaban J connectivity index is 3.02. The van der Waals surface area contributed by atoms with Gasteiger partial charge < -0.3 is 4.74 Å². The third-order valence-electron chi connectivity index (χ3n) is 1.66. The van der Waals surface area contributed by atoms with E-state index >= 15 is 0 Å². The minimum absolute atomic E-state index is 0.278. The minimum atomic E-state index is -0.548. The Kier molecular flexibility index (Phi) is 3.09. The number of hydrogen-bond donors (Lipinski definition) is 0. The first-order valence-electron chi connectivity index (χ1n) is 3.68. The molecule has 0 aromatic heterocycles. The maximum atomic E-state index is 10.8. The van der Waals surface area contributed by atoms with Gasteiger partial charge in [0.1, 0.15) is 5.75 Å². The number of carbonyl (C=O) groups is 1. The Morgan fingerprint density at radius 3 is 2.77 bits per heavy atom. The zero-order chi connectivity index (χ0) is 9.84. The predicted octanol–water partition coefficient (Wildman–Crippen LogP) is 2.47. The van der Waals surface area contributed by atoms with Crippen molar-refractivity contribution in [3.63, 3.8) is 0 Å². The third-order valence-corrected chi connectivity index (χ3v) is 1.88. The highest BCUT2D eigenvalue weighted by Gasteiger charge is 2.06. The molecular formula is C10H9ClO2. The van der Waals surface area contributed by atoms with Crippen LogP contribution in [0.5, 0.6) is 5.75 Å². The molecule has 0 spiro atoms. The molecule has 0 bridgehead atoms. The number of ether oxygens (including phenoxy) is 1. The van der Waals surface area contributed by atoms with Crippen molar-refractivity contribution in [3.8, 4) is 5.75 Å². The van der Waals surface area contributed by atoms with Gasteiger partial charge in [-0.3, -0.25) is 4.79 Å². The SMILES string of the molecule is C=C(C(=O)Cl)c1cccc(OC)c1. The number of halogens is 1. The topological polar surface area (TPSA) is 26.3 Å². The summed E-state index contributed by atoms with van der Waals surface area (Å²) in [7, 11) is 1.56. The van der Waals surface area contributed by atoms with Gasteiger partial charge in [0.15, 0.2) is 0 Å². The van der Waals surface area contributed by atoms with Crippen molar-refractivity contribution in [3.05, 3.63) is 36.4 Å². The monoisotopic (exact) mass is 196 g/mol. The van der Waals surface area contributed by atoms with E-state index in [1.807, 2.05) is 0 Å². The van der Waals surface area contributed by atoms with Crippen molar-refractivity contribution in [1.29, 1.82) is 0 Å². The van der Waals surface area contributed by atoms with Crippen molar-refractivity contribution in [2.45, 2.75) is 0 Å². The number of hydrogen-bond acceptors (Lipinski definition) is 2. The third kappa shape index (κ3) is 2.33. The van der Waals surface area contributed by atoms with Gasteiger partial charge in [0.2, 0.25) is 0 Å². The summed E-state index contributed by atoms with van der Waals surface area (Å²) in [6.07, 6.45) is 0. The van der Waals surface area contributed by atoms with E-state index in [2.05, 4.69) is 6.58 Å². The fraction of sp³-hybridized carbons (Fsp3) is 0.100. The van der Waals surface area contributed by atoms with Gasteiger partial charge in [-0.2, -0.15) is 0 Å². The summed E-state index contributed by atoms with van der Waals surface area (Å²) >= 11 is 5.28. The average Bonchev–Trinajstić information content (AvgIpc) is 2.16. The first kappa shape index (κ1) is 9.81. The van der Waals surface area contributed by atoms with Crippen molar-refractivity contribution in [2.24, 2.45) is 0 Å². The van der Waals surface area contributed by atoms with E-state index in [-0.39, 0.29) is 5.57 Å². The number of methoxy groups -OCH3 is 1. The lowest BCUT2D eigenvalue weighted by atomic mass is 10.1. The maximum Gasteiger partial charge on any atom is 0.252 e. The molecule has 1 aromatic carbocycles. The first-order valence-corrected chi connectivity index (χ1v) is 4.06. The Bertz CT molecular complexity index is 345. The molecule has 0 heterocycles. The normalized spacial score (nSPS) is 9.38. The Hall–Kier alpha value is -1.28. The van der Waals surface area contributed by atoms with Crippen molar-refractivity contribution >= 4 is 22.4 Å². The van der Waals surface area contributed by atoms with Crippen LogP contribution in [0.3, 0.4) is 0 Å². The standard InChI is InChI=1S/C10H9ClO2/c1-7(10(11)12)8-4-3-5-9(6-8)13-2/h3-6H,1H2,2H3. The second kappa shape index (κ2) is 4.10. The van der Waals surface area contributed by atoms with E-state index < -0.39 is 5.24 Å². The molecule has 1 aromatic rings. The van der Waals surface area contributed by atoms with Gasteiger partial charge in [0, 0.05) is 5.57 Å². The summed E-state index contributed by atoms with van der Waals surface area (Å²) in [5.41, 5.74) is 0.958. The molecule has 13 heavy (non-hydrogen) atoms. The number of rotatable bonds is 3. The van der Waals surface area contributed by atoms with Gasteiger partial charge in [-0.05, 0) is 29.3 Å².